The Morgan fingerprint density at radius 3 is 2.68 bits per heavy atom. The Morgan fingerprint density at radius 2 is 1.95 bits per heavy atom. The van der Waals surface area contributed by atoms with E-state index in [1.807, 2.05) is 0 Å². The number of rotatable bonds is 3. The second kappa shape index (κ2) is 5.38. The molecule has 2 aromatic rings. The molecule has 101 valence electrons. The molecule has 0 aliphatic carbocycles. The Labute approximate surface area is 115 Å². The van der Waals surface area contributed by atoms with E-state index >= 15 is 0 Å². The summed E-state index contributed by atoms with van der Waals surface area (Å²) in [5.74, 6) is 2.25. The first-order valence-electron chi connectivity index (χ1n) is 7.31. The maximum atomic E-state index is 3.41. The standard InChI is InChI=1S/C17H23N2/c1-13(2)12-19-9-7-14(8-10-19)16-11-18-17-6-4-3-5-15(16)17/h3-6,11,14,18H,7-10,12H2,1-2H3. The number of hydrogen-bond acceptors (Lipinski definition) is 1. The molecule has 1 saturated heterocycles. The van der Waals surface area contributed by atoms with E-state index in [2.05, 4.69) is 54.2 Å². The minimum absolute atomic E-state index is 0.726. The lowest BCUT2D eigenvalue weighted by Crippen LogP contribution is -2.35. The second-order valence-electron chi connectivity index (χ2n) is 6.05. The molecule has 1 aliphatic rings. The maximum Gasteiger partial charge on any atom is 0.0456 e. The van der Waals surface area contributed by atoms with Crippen molar-refractivity contribution in [1.29, 1.82) is 0 Å². The zero-order valence-electron chi connectivity index (χ0n) is 11.9. The SMILES string of the molecule is C[C](C)CN1CCC(c2c[nH]c3ccccc23)CC1. The molecule has 1 radical (unpaired) electrons. The van der Waals surface area contributed by atoms with E-state index in [0.29, 0.717) is 0 Å². The predicted molar refractivity (Wildman–Crippen MR) is 81.3 cm³/mol. The Morgan fingerprint density at radius 1 is 1.21 bits per heavy atom. The number of H-pyrrole nitrogens is 1. The normalized spacial score (nSPS) is 18.5. The van der Waals surface area contributed by atoms with Gasteiger partial charge in [0, 0.05) is 23.6 Å². The zero-order valence-corrected chi connectivity index (χ0v) is 11.9. The Kier molecular flexibility index (Phi) is 3.61. The molecule has 1 fully saturated rings. The summed E-state index contributed by atoms with van der Waals surface area (Å²) in [6, 6.07) is 8.66. The van der Waals surface area contributed by atoms with Crippen molar-refractivity contribution in [1.82, 2.24) is 9.88 Å². The molecule has 2 nitrogen and oxygen atoms in total. The molecule has 0 atom stereocenters. The minimum Gasteiger partial charge on any atom is -0.361 e. The van der Waals surface area contributed by atoms with Crippen LogP contribution in [-0.4, -0.2) is 29.5 Å². The van der Waals surface area contributed by atoms with Gasteiger partial charge < -0.3 is 9.88 Å². The van der Waals surface area contributed by atoms with E-state index in [1.165, 1.54) is 54.9 Å². The Balaban J connectivity index is 1.71. The van der Waals surface area contributed by atoms with Crippen LogP contribution in [-0.2, 0) is 0 Å². The molecule has 0 amide bonds. The van der Waals surface area contributed by atoms with Gasteiger partial charge in [-0.1, -0.05) is 32.0 Å². The number of aromatic nitrogens is 1. The summed E-state index contributed by atoms with van der Waals surface area (Å²) < 4.78 is 0. The molecular formula is C17H23N2. The van der Waals surface area contributed by atoms with Gasteiger partial charge in [-0.25, -0.2) is 0 Å². The van der Waals surface area contributed by atoms with Crippen LogP contribution in [0.2, 0.25) is 0 Å². The third-order valence-corrected chi connectivity index (χ3v) is 4.19. The van der Waals surface area contributed by atoms with Crippen molar-refractivity contribution < 1.29 is 0 Å². The van der Waals surface area contributed by atoms with Crippen molar-refractivity contribution in [3.8, 4) is 0 Å². The van der Waals surface area contributed by atoms with Crippen LogP contribution >= 0.6 is 0 Å². The molecule has 1 aromatic carbocycles. The van der Waals surface area contributed by atoms with Crippen LogP contribution in [0.25, 0.3) is 10.9 Å². The van der Waals surface area contributed by atoms with Gasteiger partial charge in [0.1, 0.15) is 0 Å². The van der Waals surface area contributed by atoms with Crippen LogP contribution in [0.15, 0.2) is 30.5 Å². The van der Waals surface area contributed by atoms with E-state index in [9.17, 15) is 0 Å². The third-order valence-electron chi connectivity index (χ3n) is 4.19. The highest BCUT2D eigenvalue weighted by Crippen LogP contribution is 2.33. The molecule has 2 heteroatoms. The number of nitrogens with one attached hydrogen (secondary N) is 1. The lowest BCUT2D eigenvalue weighted by atomic mass is 9.89. The molecule has 0 unspecified atom stereocenters. The number of hydrogen-bond donors (Lipinski definition) is 1. The zero-order chi connectivity index (χ0) is 13.2. The van der Waals surface area contributed by atoms with Gasteiger partial charge in [0.2, 0.25) is 0 Å². The van der Waals surface area contributed by atoms with Gasteiger partial charge in [-0.05, 0) is 49.4 Å². The van der Waals surface area contributed by atoms with Gasteiger partial charge in [0.15, 0.2) is 0 Å². The fraction of sp³-hybridized carbons (Fsp3) is 0.471. The van der Waals surface area contributed by atoms with Crippen LogP contribution in [0, 0.1) is 5.92 Å². The largest absolute Gasteiger partial charge is 0.361 e. The number of nitrogens with zero attached hydrogens (tertiary/aromatic N) is 1. The van der Waals surface area contributed by atoms with Crippen molar-refractivity contribution >= 4 is 10.9 Å². The van der Waals surface area contributed by atoms with Crippen LogP contribution in [0.4, 0.5) is 0 Å². The number of benzene rings is 1. The van der Waals surface area contributed by atoms with Gasteiger partial charge in [-0.2, -0.15) is 0 Å². The summed E-state index contributed by atoms with van der Waals surface area (Å²) >= 11 is 0. The predicted octanol–water partition coefficient (Wildman–Crippen LogP) is 3.96. The first kappa shape index (κ1) is 12.7. The smallest absolute Gasteiger partial charge is 0.0456 e. The Bertz CT molecular complexity index is 533. The summed E-state index contributed by atoms with van der Waals surface area (Å²) in [6.07, 6.45) is 4.80. The lowest BCUT2D eigenvalue weighted by Gasteiger charge is -2.32. The molecule has 0 bridgehead atoms. The van der Waals surface area contributed by atoms with Gasteiger partial charge in [-0.3, -0.25) is 0 Å². The first-order chi connectivity index (χ1) is 9.24. The topological polar surface area (TPSA) is 19.0 Å². The average molecular weight is 255 g/mol. The monoisotopic (exact) mass is 255 g/mol. The minimum atomic E-state index is 0.726. The van der Waals surface area contributed by atoms with Gasteiger partial charge in [-0.15, -0.1) is 0 Å². The molecule has 1 aromatic heterocycles. The molecule has 1 aliphatic heterocycles. The van der Waals surface area contributed by atoms with E-state index in [4.69, 9.17) is 0 Å². The molecule has 0 spiro atoms. The van der Waals surface area contributed by atoms with Gasteiger partial charge in [0.25, 0.3) is 0 Å². The van der Waals surface area contributed by atoms with Gasteiger partial charge >= 0.3 is 0 Å². The number of para-hydroxylation sites is 1. The quantitative estimate of drug-likeness (QED) is 0.879. The van der Waals surface area contributed by atoms with Crippen molar-refractivity contribution in [3.63, 3.8) is 0 Å². The fourth-order valence-electron chi connectivity index (χ4n) is 3.28. The van der Waals surface area contributed by atoms with Crippen molar-refractivity contribution in [2.75, 3.05) is 19.6 Å². The summed E-state index contributed by atoms with van der Waals surface area (Å²) in [5.41, 5.74) is 2.80. The van der Waals surface area contributed by atoms with E-state index < -0.39 is 0 Å². The number of piperidine rings is 1. The lowest BCUT2D eigenvalue weighted by molar-refractivity contribution is 0.220. The molecule has 2 heterocycles. The van der Waals surface area contributed by atoms with Crippen molar-refractivity contribution in [2.24, 2.45) is 0 Å². The molecule has 0 saturated carbocycles. The number of fused-ring (bicyclic) bond motifs is 1. The fourth-order valence-corrected chi connectivity index (χ4v) is 3.28. The summed E-state index contributed by atoms with van der Waals surface area (Å²) in [4.78, 5) is 6.00. The summed E-state index contributed by atoms with van der Waals surface area (Å²) in [6.45, 7) is 8.09. The van der Waals surface area contributed by atoms with Crippen LogP contribution < -0.4 is 0 Å². The molecular weight excluding hydrogens is 232 g/mol. The summed E-state index contributed by atoms with van der Waals surface area (Å²) in [7, 11) is 0. The molecule has 19 heavy (non-hydrogen) atoms. The van der Waals surface area contributed by atoms with E-state index in [1.54, 1.807) is 0 Å². The van der Waals surface area contributed by atoms with Crippen molar-refractivity contribution in [2.45, 2.75) is 32.6 Å². The molecule has 3 rings (SSSR count). The first-order valence-corrected chi connectivity index (χ1v) is 7.31. The highest BCUT2D eigenvalue weighted by Gasteiger charge is 2.22. The highest BCUT2D eigenvalue weighted by molar-refractivity contribution is 5.83. The third kappa shape index (κ3) is 2.69. The average Bonchev–Trinajstić information content (AvgIpc) is 2.83. The van der Waals surface area contributed by atoms with Gasteiger partial charge in [0.05, 0.1) is 0 Å². The van der Waals surface area contributed by atoms with Crippen molar-refractivity contribution in [3.05, 3.63) is 41.9 Å². The summed E-state index contributed by atoms with van der Waals surface area (Å²) in [5, 5.41) is 1.42. The maximum absolute atomic E-state index is 3.41. The Hall–Kier alpha value is -1.28. The number of aromatic amines is 1. The second-order valence-corrected chi connectivity index (χ2v) is 6.05. The van der Waals surface area contributed by atoms with E-state index in [0.717, 1.165) is 5.92 Å². The number of likely N-dealkylation sites (tertiary alicyclic amines) is 1. The highest BCUT2D eigenvalue weighted by atomic mass is 15.1. The van der Waals surface area contributed by atoms with Crippen LogP contribution in [0.1, 0.15) is 38.2 Å². The molecule has 1 N–H and O–H groups in total. The van der Waals surface area contributed by atoms with Crippen LogP contribution in [0.5, 0.6) is 0 Å². The van der Waals surface area contributed by atoms with E-state index in [-0.39, 0.29) is 0 Å². The van der Waals surface area contributed by atoms with Crippen LogP contribution in [0.3, 0.4) is 0 Å².